The van der Waals surface area contributed by atoms with Gasteiger partial charge in [-0.05, 0) is 0 Å². The number of hydrogen-bond acceptors (Lipinski definition) is 2. The molecule has 6 heteroatoms. The summed E-state index contributed by atoms with van der Waals surface area (Å²) >= 11 is -2.65. The molecule has 2 aromatic heterocycles. The Labute approximate surface area is 329 Å². The van der Waals surface area contributed by atoms with Crippen molar-refractivity contribution in [3.05, 3.63) is 165 Å². The van der Waals surface area contributed by atoms with Crippen LogP contribution < -0.4 is 0 Å². The molecule has 0 saturated carbocycles. The maximum absolute atomic E-state index is 6.56. The van der Waals surface area contributed by atoms with Crippen LogP contribution in [-0.2, 0) is 20.4 Å². The van der Waals surface area contributed by atoms with Crippen molar-refractivity contribution in [1.82, 2.24) is 0 Å². The van der Waals surface area contributed by atoms with Crippen LogP contribution in [0.25, 0.3) is 45.6 Å². The first-order valence-electron chi connectivity index (χ1n) is 17.8. The number of allylic oxidation sites excluding steroid dienone is 2. The van der Waals surface area contributed by atoms with Crippen molar-refractivity contribution >= 4 is 53.5 Å². The van der Waals surface area contributed by atoms with E-state index >= 15 is 0 Å². The predicted molar refractivity (Wildman–Crippen MR) is 223 cm³/mol. The molecule has 2 heterocycles. The van der Waals surface area contributed by atoms with Crippen LogP contribution in [0.3, 0.4) is 0 Å². The van der Waals surface area contributed by atoms with Gasteiger partial charge in [0.15, 0.2) is 0 Å². The minimum atomic E-state index is -2.65. The minimum absolute atomic E-state index is 0. The van der Waals surface area contributed by atoms with Crippen LogP contribution in [0.2, 0.25) is 13.1 Å². The fraction of sp³-hybridized carbons (Fsp3) is 0.217. The molecule has 0 saturated heterocycles. The maximum atomic E-state index is 6.56. The van der Waals surface area contributed by atoms with Gasteiger partial charge in [-0.25, -0.2) is 0 Å². The molecule has 0 radical (unpaired) electrons. The third-order valence-corrected chi connectivity index (χ3v) is 30.3. The summed E-state index contributed by atoms with van der Waals surface area (Å²) in [4.78, 5) is 0. The van der Waals surface area contributed by atoms with Crippen molar-refractivity contribution in [3.8, 4) is 22.3 Å². The number of hydrogen-bond donors (Lipinski definition) is 0. The summed E-state index contributed by atoms with van der Waals surface area (Å²) in [5, 5.41) is 0. The van der Waals surface area contributed by atoms with Gasteiger partial charge in [0.2, 0.25) is 0 Å². The Bertz CT molecular complexity index is 2250. The molecule has 6 aromatic rings. The van der Waals surface area contributed by atoms with Crippen LogP contribution in [0.1, 0.15) is 74.8 Å². The third kappa shape index (κ3) is 6.45. The number of aryl methyl sites for hydroxylation is 4. The SMILES string of the molecule is Cc1ccc(C2=Cc3c(cc(C)c(C)c3-c3ccccc3)[CH]2[Zr]([CH]2C(c3ccc(C)o3)=Cc3c2cc(C)c(C)c3-c2ccccc2)=[Si](C)C)o1.Cl.Cl. The van der Waals surface area contributed by atoms with E-state index in [0.29, 0.717) is 7.25 Å². The van der Waals surface area contributed by atoms with Gasteiger partial charge in [0.1, 0.15) is 0 Å². The van der Waals surface area contributed by atoms with Crippen molar-refractivity contribution in [2.45, 2.75) is 61.9 Å². The molecule has 2 aliphatic carbocycles. The van der Waals surface area contributed by atoms with Crippen molar-refractivity contribution in [2.75, 3.05) is 0 Å². The zero-order chi connectivity index (χ0) is 34.8. The molecule has 0 amide bonds. The van der Waals surface area contributed by atoms with E-state index in [1.165, 1.54) is 77.9 Å². The van der Waals surface area contributed by atoms with E-state index in [-0.39, 0.29) is 24.8 Å². The Hall–Kier alpha value is -3.40. The molecule has 8 rings (SSSR count). The summed E-state index contributed by atoms with van der Waals surface area (Å²) in [6.07, 6.45) is 5.04. The van der Waals surface area contributed by atoms with E-state index in [4.69, 9.17) is 8.83 Å². The van der Waals surface area contributed by atoms with Gasteiger partial charge >= 0.3 is 307 Å². The van der Waals surface area contributed by atoms with Crippen molar-refractivity contribution in [1.29, 1.82) is 0 Å². The Morgan fingerprint density at radius 3 is 1.23 bits per heavy atom. The Balaban J connectivity index is 0.00000232. The Kier molecular flexibility index (Phi) is 11.2. The summed E-state index contributed by atoms with van der Waals surface area (Å²) in [5.74, 6) is 3.99. The maximum Gasteiger partial charge on any atom is -0.147 e. The van der Waals surface area contributed by atoms with E-state index in [1.807, 2.05) is 0 Å². The summed E-state index contributed by atoms with van der Waals surface area (Å²) in [7, 11) is 0. The monoisotopic (exact) mass is 818 g/mol. The van der Waals surface area contributed by atoms with Gasteiger partial charge in [0.25, 0.3) is 0 Å². The van der Waals surface area contributed by atoms with Gasteiger partial charge in [-0.1, -0.05) is 0 Å². The molecule has 2 nitrogen and oxygen atoms in total. The number of furan rings is 2. The molecule has 2 aliphatic rings. The molecule has 52 heavy (non-hydrogen) atoms. The van der Waals surface area contributed by atoms with Gasteiger partial charge in [-0.15, -0.1) is 24.8 Å². The molecule has 264 valence electrons. The van der Waals surface area contributed by atoms with Crippen LogP contribution in [0.4, 0.5) is 0 Å². The molecule has 0 bridgehead atoms. The number of benzene rings is 4. The van der Waals surface area contributed by atoms with Gasteiger partial charge in [0, 0.05) is 0 Å². The predicted octanol–water partition coefficient (Wildman–Crippen LogP) is 13.7. The van der Waals surface area contributed by atoms with E-state index in [0.717, 1.165) is 23.0 Å². The minimum Gasteiger partial charge on any atom is -0.147 e. The molecule has 0 spiro atoms. The fourth-order valence-corrected chi connectivity index (χ4v) is 28.2. The molecule has 2 unspecified atom stereocenters. The molecular formula is C46H46Cl2O2SiZr. The Morgan fingerprint density at radius 1 is 0.519 bits per heavy atom. The summed E-state index contributed by atoms with van der Waals surface area (Å²) < 4.78 is 13.8. The molecule has 0 fully saturated rings. The quantitative estimate of drug-likeness (QED) is 0.156. The first-order valence-corrected chi connectivity index (χ1v) is 26.8. The number of halogens is 2. The first kappa shape index (κ1) is 38.3. The Morgan fingerprint density at radius 2 is 0.904 bits per heavy atom. The zero-order valence-electron chi connectivity index (χ0n) is 31.2. The summed E-state index contributed by atoms with van der Waals surface area (Å²) in [6.45, 7) is 18.6. The smallest absolute Gasteiger partial charge is 0.147 e. The van der Waals surface area contributed by atoms with Crippen LogP contribution >= 0.6 is 24.8 Å². The van der Waals surface area contributed by atoms with Crippen LogP contribution in [0.15, 0.2) is 106 Å². The first-order chi connectivity index (χ1) is 24.1. The van der Waals surface area contributed by atoms with E-state index < -0.39 is 25.8 Å². The average molecular weight is 821 g/mol. The largest absolute Gasteiger partial charge is 0.147 e. The second-order valence-corrected chi connectivity index (χ2v) is 32.3. The van der Waals surface area contributed by atoms with Crippen LogP contribution in [-0.4, -0.2) is 5.43 Å². The fourth-order valence-electron chi connectivity index (χ4n) is 8.50. The van der Waals surface area contributed by atoms with Crippen molar-refractivity contribution in [3.63, 3.8) is 0 Å². The molecule has 4 aromatic carbocycles. The normalized spacial score (nSPS) is 15.6. The van der Waals surface area contributed by atoms with E-state index in [1.54, 1.807) is 0 Å². The van der Waals surface area contributed by atoms with Crippen molar-refractivity contribution < 1.29 is 29.2 Å². The topological polar surface area (TPSA) is 26.3 Å². The zero-order valence-corrected chi connectivity index (χ0v) is 36.3. The van der Waals surface area contributed by atoms with Gasteiger partial charge in [-0.3, -0.25) is 0 Å². The standard InChI is InChI=1S/2C22H19O.C2H6Si.2ClH.Zr/c2*1-14-11-18-12-19(21-10-9-15(2)23-21)13-20(18)22(16(14)3)17-7-5-4-6-8-17;1-3-2;;;/h2*4-13H,1-3H3;1-2H3;2*1H;. The molecule has 0 N–H and O–H groups in total. The molecular weight excluding hydrogens is 775 g/mol. The summed E-state index contributed by atoms with van der Waals surface area (Å²) in [6, 6.07) is 35.8. The van der Waals surface area contributed by atoms with Crippen LogP contribution in [0, 0.1) is 41.5 Å². The second kappa shape index (κ2) is 15.2. The van der Waals surface area contributed by atoms with Gasteiger partial charge in [-0.2, -0.15) is 0 Å². The van der Waals surface area contributed by atoms with E-state index in [9.17, 15) is 0 Å². The summed E-state index contributed by atoms with van der Waals surface area (Å²) in [5.41, 5.74) is 18.6. The van der Waals surface area contributed by atoms with Gasteiger partial charge < -0.3 is 0 Å². The molecule has 0 aliphatic heterocycles. The van der Waals surface area contributed by atoms with Gasteiger partial charge in [0.05, 0.1) is 0 Å². The molecule has 2 atom stereocenters. The number of fused-ring (bicyclic) bond motifs is 2. The van der Waals surface area contributed by atoms with E-state index in [2.05, 4.69) is 164 Å². The van der Waals surface area contributed by atoms with Crippen LogP contribution in [0.5, 0.6) is 0 Å². The third-order valence-electron chi connectivity index (χ3n) is 11.1. The second-order valence-electron chi connectivity index (χ2n) is 14.5. The average Bonchev–Trinajstić information content (AvgIpc) is 3.90. The number of rotatable bonds is 6. The van der Waals surface area contributed by atoms with Crippen molar-refractivity contribution in [2.24, 2.45) is 0 Å².